The molecule has 0 bridgehead atoms. The lowest BCUT2D eigenvalue weighted by molar-refractivity contribution is 0.660. The summed E-state index contributed by atoms with van der Waals surface area (Å²) in [5.41, 5.74) is 18.5. The summed E-state index contributed by atoms with van der Waals surface area (Å²) in [5, 5.41) is 7.64. The Hall–Kier alpha value is -6.24. The summed E-state index contributed by atoms with van der Waals surface area (Å²) in [6, 6.07) is 64.2. The van der Waals surface area contributed by atoms with Crippen LogP contribution < -0.4 is 0 Å². The second kappa shape index (κ2) is 11.1. The molecular weight excluding hydrogens is 649 g/mol. The van der Waals surface area contributed by atoms with Crippen LogP contribution in [-0.2, 0) is 10.8 Å². The van der Waals surface area contributed by atoms with Crippen LogP contribution in [0.2, 0.25) is 0 Å². The fourth-order valence-corrected chi connectivity index (χ4v) is 10.1. The van der Waals surface area contributed by atoms with Crippen molar-refractivity contribution in [3.63, 3.8) is 0 Å². The van der Waals surface area contributed by atoms with Crippen LogP contribution in [0, 0.1) is 0 Å². The van der Waals surface area contributed by atoms with Gasteiger partial charge in [-0.3, -0.25) is 0 Å². The van der Waals surface area contributed by atoms with Crippen molar-refractivity contribution in [2.75, 3.05) is 0 Å². The van der Waals surface area contributed by atoms with Crippen molar-refractivity contribution >= 4 is 32.3 Å². The van der Waals surface area contributed by atoms with Crippen LogP contribution in [0.15, 0.2) is 170 Å². The second-order valence-corrected chi connectivity index (χ2v) is 16.5. The van der Waals surface area contributed by atoms with Gasteiger partial charge in [-0.2, -0.15) is 0 Å². The Morgan fingerprint density at radius 3 is 1.31 bits per heavy atom. The van der Waals surface area contributed by atoms with Gasteiger partial charge in [-0.25, -0.2) is 0 Å². The van der Waals surface area contributed by atoms with Gasteiger partial charge in [0.1, 0.15) is 0 Å². The number of fused-ring (bicyclic) bond motifs is 9. The first-order valence-corrected chi connectivity index (χ1v) is 19.3. The number of rotatable bonds is 3. The van der Waals surface area contributed by atoms with Gasteiger partial charge in [0, 0.05) is 10.8 Å². The second-order valence-electron chi connectivity index (χ2n) is 16.5. The van der Waals surface area contributed by atoms with Crippen molar-refractivity contribution in [2.24, 2.45) is 0 Å². The van der Waals surface area contributed by atoms with E-state index in [0.717, 1.165) is 0 Å². The highest BCUT2D eigenvalue weighted by Gasteiger charge is 2.37. The fraction of sp³-hybridized carbons (Fsp3) is 0.111. The van der Waals surface area contributed by atoms with Gasteiger partial charge in [-0.15, -0.1) is 0 Å². The predicted molar refractivity (Wildman–Crippen MR) is 230 cm³/mol. The van der Waals surface area contributed by atoms with E-state index < -0.39 is 0 Å². The van der Waals surface area contributed by atoms with E-state index in [4.69, 9.17) is 0 Å². The maximum absolute atomic E-state index is 2.47. The van der Waals surface area contributed by atoms with Crippen LogP contribution in [-0.4, -0.2) is 0 Å². The molecule has 9 aromatic rings. The van der Waals surface area contributed by atoms with E-state index in [0.29, 0.717) is 0 Å². The van der Waals surface area contributed by atoms with Gasteiger partial charge in [0.05, 0.1) is 0 Å². The van der Waals surface area contributed by atoms with Crippen molar-refractivity contribution in [3.8, 4) is 55.6 Å². The largest absolute Gasteiger partial charge is 0.0619 e. The zero-order valence-electron chi connectivity index (χ0n) is 31.2. The van der Waals surface area contributed by atoms with E-state index in [9.17, 15) is 0 Å². The maximum atomic E-state index is 2.47. The molecule has 0 saturated carbocycles. The molecule has 0 aliphatic heterocycles. The zero-order chi connectivity index (χ0) is 36.3. The number of benzene rings is 9. The molecule has 9 aromatic carbocycles. The smallest absolute Gasteiger partial charge is 0.0158 e. The normalized spacial score (nSPS) is 14.6. The van der Waals surface area contributed by atoms with E-state index in [2.05, 4.69) is 198 Å². The minimum absolute atomic E-state index is 0.0338. The lowest BCUT2D eigenvalue weighted by atomic mass is 9.80. The average molecular weight is 689 g/mol. The molecule has 2 aliphatic rings. The first-order valence-electron chi connectivity index (χ1n) is 19.3. The Morgan fingerprint density at radius 1 is 0.278 bits per heavy atom. The minimum Gasteiger partial charge on any atom is -0.0619 e. The summed E-state index contributed by atoms with van der Waals surface area (Å²) in [7, 11) is 0. The summed E-state index contributed by atoms with van der Waals surface area (Å²) in [6.45, 7) is 9.45. The summed E-state index contributed by atoms with van der Waals surface area (Å²) in [5.74, 6) is 0. The Bertz CT molecular complexity index is 3040. The van der Waals surface area contributed by atoms with E-state index in [1.54, 1.807) is 0 Å². The van der Waals surface area contributed by atoms with Gasteiger partial charge in [0.25, 0.3) is 0 Å². The molecular formula is C54H40. The molecule has 0 fully saturated rings. The number of hydrogen-bond acceptors (Lipinski definition) is 0. The highest BCUT2D eigenvalue weighted by atomic mass is 14.4. The van der Waals surface area contributed by atoms with Crippen LogP contribution >= 0.6 is 0 Å². The molecule has 0 nitrogen and oxygen atoms in total. The van der Waals surface area contributed by atoms with E-state index in [-0.39, 0.29) is 10.8 Å². The number of hydrogen-bond donors (Lipinski definition) is 0. The van der Waals surface area contributed by atoms with Crippen molar-refractivity contribution in [2.45, 2.75) is 38.5 Å². The topological polar surface area (TPSA) is 0 Å². The predicted octanol–water partition coefficient (Wildman–Crippen LogP) is 14.8. The van der Waals surface area contributed by atoms with Crippen molar-refractivity contribution in [1.82, 2.24) is 0 Å². The lowest BCUT2D eigenvalue weighted by Crippen LogP contribution is -2.14. The van der Waals surface area contributed by atoms with Crippen LogP contribution in [0.4, 0.5) is 0 Å². The molecule has 256 valence electrons. The molecule has 0 amide bonds. The standard InChI is InChI=1S/C54H40/c1-53(2)47-19-11-9-15-39(47)44-31-37(24-27-49(44)53)51-41-17-7-8-18-42(41)52(38-25-28-50-45(32-38)40-16-10-12-20-48(40)54(50,3)4)46-30-36(23-26-43(46)51)35-22-21-33-13-5-6-14-34(33)29-35/h5-32H,1-4H3. The Labute approximate surface area is 317 Å². The van der Waals surface area contributed by atoms with Gasteiger partial charge in [-0.1, -0.05) is 173 Å². The van der Waals surface area contributed by atoms with Crippen LogP contribution in [0.25, 0.3) is 88.0 Å². The highest BCUT2D eigenvalue weighted by molar-refractivity contribution is 6.22. The third-order valence-corrected chi connectivity index (χ3v) is 12.9. The first-order chi connectivity index (χ1) is 26.3. The Morgan fingerprint density at radius 2 is 0.704 bits per heavy atom. The fourth-order valence-electron chi connectivity index (χ4n) is 10.1. The van der Waals surface area contributed by atoms with Gasteiger partial charge in [-0.05, 0) is 134 Å². The molecule has 54 heavy (non-hydrogen) atoms. The van der Waals surface area contributed by atoms with Crippen LogP contribution in [0.1, 0.15) is 49.9 Å². The van der Waals surface area contributed by atoms with Crippen LogP contribution in [0.5, 0.6) is 0 Å². The summed E-state index contributed by atoms with van der Waals surface area (Å²) in [4.78, 5) is 0. The Kier molecular flexibility index (Phi) is 6.46. The first kappa shape index (κ1) is 31.3. The van der Waals surface area contributed by atoms with Gasteiger partial charge in [0.2, 0.25) is 0 Å². The summed E-state index contributed by atoms with van der Waals surface area (Å²) in [6.07, 6.45) is 0. The monoisotopic (exact) mass is 688 g/mol. The minimum atomic E-state index is -0.0392. The molecule has 0 N–H and O–H groups in total. The van der Waals surface area contributed by atoms with Gasteiger partial charge in [0.15, 0.2) is 0 Å². The molecule has 0 aromatic heterocycles. The van der Waals surface area contributed by atoms with Gasteiger partial charge >= 0.3 is 0 Å². The highest BCUT2D eigenvalue weighted by Crippen LogP contribution is 2.53. The van der Waals surface area contributed by atoms with E-state index in [1.807, 2.05) is 0 Å². The molecule has 0 radical (unpaired) electrons. The molecule has 0 spiro atoms. The van der Waals surface area contributed by atoms with Crippen molar-refractivity contribution in [3.05, 3.63) is 192 Å². The molecule has 11 rings (SSSR count). The quantitative estimate of drug-likeness (QED) is 0.162. The maximum Gasteiger partial charge on any atom is 0.0158 e. The van der Waals surface area contributed by atoms with E-state index >= 15 is 0 Å². The third kappa shape index (κ3) is 4.32. The summed E-state index contributed by atoms with van der Waals surface area (Å²) < 4.78 is 0. The molecule has 0 heterocycles. The molecule has 0 saturated heterocycles. The molecule has 2 aliphatic carbocycles. The zero-order valence-corrected chi connectivity index (χ0v) is 31.2. The van der Waals surface area contributed by atoms with Crippen molar-refractivity contribution in [1.29, 1.82) is 0 Å². The molecule has 0 unspecified atom stereocenters. The van der Waals surface area contributed by atoms with Crippen molar-refractivity contribution < 1.29 is 0 Å². The molecule has 0 heteroatoms. The molecule has 0 atom stereocenters. The van der Waals surface area contributed by atoms with Crippen LogP contribution in [0.3, 0.4) is 0 Å². The van der Waals surface area contributed by atoms with Gasteiger partial charge < -0.3 is 0 Å². The average Bonchev–Trinajstić information content (AvgIpc) is 3.58. The SMILES string of the molecule is CC1(C)c2ccccc2-c2cc(-c3c4ccccc4c(-c4ccc5c(c4)-c4ccccc4C5(C)C)c4cc(-c5ccc6ccccc6c5)ccc34)ccc21. The third-order valence-electron chi connectivity index (χ3n) is 12.9. The lowest BCUT2D eigenvalue weighted by Gasteiger charge is -2.23. The Balaban J connectivity index is 1.22. The summed E-state index contributed by atoms with van der Waals surface area (Å²) >= 11 is 0. The van der Waals surface area contributed by atoms with E-state index in [1.165, 1.54) is 110 Å².